The minimum atomic E-state index is 0.254. The molecule has 28 heavy (non-hydrogen) atoms. The molecule has 1 fully saturated rings. The zero-order valence-electron chi connectivity index (χ0n) is 15.5. The van der Waals surface area contributed by atoms with Crippen molar-refractivity contribution in [1.29, 1.82) is 0 Å². The molecular weight excluding hydrogens is 356 g/mol. The lowest BCUT2D eigenvalue weighted by Crippen LogP contribution is -2.02. The number of aromatic nitrogens is 6. The molecule has 1 saturated carbocycles. The highest BCUT2D eigenvalue weighted by molar-refractivity contribution is 5.69. The van der Waals surface area contributed by atoms with Gasteiger partial charge < -0.3 is 9.47 Å². The predicted octanol–water partition coefficient (Wildman–Crippen LogP) is 3.14. The van der Waals surface area contributed by atoms with Crippen LogP contribution in [0.4, 0.5) is 0 Å². The van der Waals surface area contributed by atoms with Gasteiger partial charge in [0.15, 0.2) is 5.65 Å². The fourth-order valence-corrected chi connectivity index (χ4v) is 3.25. The molecule has 4 heterocycles. The molecule has 5 rings (SSSR count). The van der Waals surface area contributed by atoms with E-state index < -0.39 is 0 Å². The summed E-state index contributed by atoms with van der Waals surface area (Å²) < 4.78 is 12.4. The summed E-state index contributed by atoms with van der Waals surface area (Å²) >= 11 is 0. The average Bonchev–Trinajstić information content (AvgIpc) is 3.51. The fraction of sp³-hybridized carbons (Fsp3) is 0.250. The SMILES string of the molecule is COc1ncc(-c2cc(C3CC3)c3nc(-c4ccccn4)cn3n2)c(OC)n1. The summed E-state index contributed by atoms with van der Waals surface area (Å²) in [5.74, 6) is 0.916. The fourth-order valence-electron chi connectivity index (χ4n) is 3.25. The first kappa shape index (κ1) is 16.6. The summed E-state index contributed by atoms with van der Waals surface area (Å²) in [4.78, 5) is 17.7. The molecule has 0 radical (unpaired) electrons. The molecule has 8 nitrogen and oxygen atoms in total. The van der Waals surface area contributed by atoms with Crippen molar-refractivity contribution in [3.05, 3.63) is 48.4 Å². The van der Waals surface area contributed by atoms with Gasteiger partial charge in [-0.1, -0.05) is 6.07 Å². The number of imidazole rings is 1. The van der Waals surface area contributed by atoms with Crippen molar-refractivity contribution >= 4 is 5.65 Å². The molecule has 0 unspecified atom stereocenters. The van der Waals surface area contributed by atoms with E-state index in [1.54, 1.807) is 19.5 Å². The van der Waals surface area contributed by atoms with Crippen LogP contribution in [-0.4, -0.2) is 43.8 Å². The molecule has 1 aliphatic carbocycles. The van der Waals surface area contributed by atoms with Crippen molar-refractivity contribution in [2.45, 2.75) is 18.8 Å². The Kier molecular flexibility index (Phi) is 3.89. The quantitative estimate of drug-likeness (QED) is 0.530. The lowest BCUT2D eigenvalue weighted by molar-refractivity contribution is 0.353. The molecule has 8 heteroatoms. The molecule has 0 N–H and O–H groups in total. The van der Waals surface area contributed by atoms with Gasteiger partial charge in [0.2, 0.25) is 5.88 Å². The van der Waals surface area contributed by atoms with E-state index in [-0.39, 0.29) is 6.01 Å². The van der Waals surface area contributed by atoms with E-state index in [1.165, 1.54) is 12.7 Å². The zero-order valence-corrected chi connectivity index (χ0v) is 15.5. The molecular formula is C20H18N6O2. The van der Waals surface area contributed by atoms with Crippen molar-refractivity contribution in [3.63, 3.8) is 0 Å². The van der Waals surface area contributed by atoms with Gasteiger partial charge in [-0.05, 0) is 37.0 Å². The van der Waals surface area contributed by atoms with Gasteiger partial charge in [0.05, 0.1) is 37.4 Å². The van der Waals surface area contributed by atoms with E-state index in [0.717, 1.165) is 35.6 Å². The maximum atomic E-state index is 5.44. The maximum absolute atomic E-state index is 5.44. The smallest absolute Gasteiger partial charge is 0.319 e. The van der Waals surface area contributed by atoms with Gasteiger partial charge in [0.25, 0.3) is 0 Å². The predicted molar refractivity (Wildman–Crippen MR) is 102 cm³/mol. The van der Waals surface area contributed by atoms with Crippen molar-refractivity contribution in [3.8, 4) is 34.5 Å². The molecule has 0 bridgehead atoms. The normalized spacial score (nSPS) is 13.6. The van der Waals surface area contributed by atoms with Gasteiger partial charge in [0, 0.05) is 18.0 Å². The van der Waals surface area contributed by atoms with Crippen molar-refractivity contribution < 1.29 is 9.47 Å². The van der Waals surface area contributed by atoms with E-state index in [1.807, 2.05) is 28.9 Å². The molecule has 1 aliphatic rings. The van der Waals surface area contributed by atoms with Crippen molar-refractivity contribution in [2.24, 2.45) is 0 Å². The number of fused-ring (bicyclic) bond motifs is 1. The summed E-state index contributed by atoms with van der Waals surface area (Å²) in [5.41, 5.74) is 5.09. The molecule has 4 aromatic rings. The molecule has 140 valence electrons. The van der Waals surface area contributed by atoms with Crippen LogP contribution in [0, 0.1) is 0 Å². The Morgan fingerprint density at radius 1 is 1.00 bits per heavy atom. The molecule has 0 aliphatic heterocycles. The number of hydrogen-bond donors (Lipinski definition) is 0. The number of methoxy groups -OCH3 is 2. The van der Waals surface area contributed by atoms with E-state index >= 15 is 0 Å². The van der Waals surface area contributed by atoms with Gasteiger partial charge in [-0.2, -0.15) is 10.1 Å². The standard InChI is InChI=1S/C20H18N6O2/c1-27-19-14(10-22-20(24-19)28-2)16-9-13(12-6-7-12)18-23-17(11-26(18)25-16)15-5-3-4-8-21-15/h3-5,8-12H,6-7H2,1-2H3. The average molecular weight is 374 g/mol. The maximum Gasteiger partial charge on any atom is 0.319 e. The third kappa shape index (κ3) is 2.83. The van der Waals surface area contributed by atoms with Crippen LogP contribution >= 0.6 is 0 Å². The van der Waals surface area contributed by atoms with Crippen molar-refractivity contribution in [2.75, 3.05) is 14.2 Å². The van der Waals surface area contributed by atoms with Crippen LogP contribution in [0.2, 0.25) is 0 Å². The lowest BCUT2D eigenvalue weighted by Gasteiger charge is -2.10. The first-order valence-electron chi connectivity index (χ1n) is 9.04. The molecule has 4 aromatic heterocycles. The minimum Gasteiger partial charge on any atom is -0.480 e. The second-order valence-electron chi connectivity index (χ2n) is 6.65. The number of nitrogens with zero attached hydrogens (tertiary/aromatic N) is 6. The molecule has 0 amide bonds. The van der Waals surface area contributed by atoms with Gasteiger partial charge in [-0.15, -0.1) is 0 Å². The second kappa shape index (κ2) is 6.56. The van der Waals surface area contributed by atoms with Crippen LogP contribution in [0.25, 0.3) is 28.3 Å². The van der Waals surface area contributed by atoms with E-state index in [4.69, 9.17) is 19.6 Å². The van der Waals surface area contributed by atoms with Gasteiger partial charge in [-0.3, -0.25) is 4.98 Å². The number of pyridine rings is 1. The summed E-state index contributed by atoms with van der Waals surface area (Å²) in [6, 6.07) is 8.10. The Labute approximate surface area is 161 Å². The first-order chi connectivity index (χ1) is 13.8. The molecule has 0 spiro atoms. The topological polar surface area (TPSA) is 87.3 Å². The van der Waals surface area contributed by atoms with Crippen LogP contribution in [0.5, 0.6) is 11.9 Å². The van der Waals surface area contributed by atoms with Crippen LogP contribution in [0.3, 0.4) is 0 Å². The zero-order chi connectivity index (χ0) is 19.1. The highest BCUT2D eigenvalue weighted by Gasteiger charge is 2.28. The third-order valence-corrected chi connectivity index (χ3v) is 4.78. The Hall–Kier alpha value is -3.55. The third-order valence-electron chi connectivity index (χ3n) is 4.78. The van der Waals surface area contributed by atoms with E-state index in [0.29, 0.717) is 17.4 Å². The highest BCUT2D eigenvalue weighted by atomic mass is 16.5. The number of ether oxygens (including phenoxy) is 2. The lowest BCUT2D eigenvalue weighted by atomic mass is 10.1. The highest BCUT2D eigenvalue weighted by Crippen LogP contribution is 2.43. The Morgan fingerprint density at radius 3 is 2.61 bits per heavy atom. The van der Waals surface area contributed by atoms with E-state index in [2.05, 4.69) is 21.0 Å². The number of hydrogen-bond acceptors (Lipinski definition) is 7. The Balaban J connectivity index is 1.69. The minimum absolute atomic E-state index is 0.254. The number of rotatable bonds is 5. The van der Waals surface area contributed by atoms with Gasteiger partial charge >= 0.3 is 6.01 Å². The molecule has 0 aromatic carbocycles. The van der Waals surface area contributed by atoms with Gasteiger partial charge in [0.1, 0.15) is 5.69 Å². The van der Waals surface area contributed by atoms with Crippen LogP contribution < -0.4 is 9.47 Å². The first-order valence-corrected chi connectivity index (χ1v) is 9.04. The monoisotopic (exact) mass is 374 g/mol. The van der Waals surface area contributed by atoms with Crippen molar-refractivity contribution in [1.82, 2.24) is 29.5 Å². The molecule has 0 saturated heterocycles. The molecule has 0 atom stereocenters. The summed E-state index contributed by atoms with van der Waals surface area (Å²) in [6.07, 6.45) is 7.65. The summed E-state index contributed by atoms with van der Waals surface area (Å²) in [5, 5.41) is 4.75. The Bertz CT molecular complexity index is 1150. The second-order valence-corrected chi connectivity index (χ2v) is 6.65. The van der Waals surface area contributed by atoms with Gasteiger partial charge in [-0.25, -0.2) is 14.5 Å². The summed E-state index contributed by atoms with van der Waals surface area (Å²) in [7, 11) is 3.09. The van der Waals surface area contributed by atoms with Crippen LogP contribution in [0.15, 0.2) is 42.9 Å². The largest absolute Gasteiger partial charge is 0.480 e. The summed E-state index contributed by atoms with van der Waals surface area (Å²) in [6.45, 7) is 0. The Morgan fingerprint density at radius 2 is 1.89 bits per heavy atom. The van der Waals surface area contributed by atoms with Crippen LogP contribution in [-0.2, 0) is 0 Å². The van der Waals surface area contributed by atoms with E-state index in [9.17, 15) is 0 Å². The van der Waals surface area contributed by atoms with Crippen LogP contribution in [0.1, 0.15) is 24.3 Å².